The summed E-state index contributed by atoms with van der Waals surface area (Å²) in [6, 6.07) is 19.5. The number of carbonyl (C=O) groups excluding carboxylic acids is 2. The summed E-state index contributed by atoms with van der Waals surface area (Å²) < 4.78 is 33.1. The number of sulfonamides is 1. The minimum Gasteiger partial charge on any atom is -0.484 e. The summed E-state index contributed by atoms with van der Waals surface area (Å²) in [7, 11) is -2.24. The van der Waals surface area contributed by atoms with E-state index in [1.807, 2.05) is 0 Å². The highest BCUT2D eigenvalue weighted by atomic mass is 79.9. The van der Waals surface area contributed by atoms with Crippen LogP contribution in [0.5, 0.6) is 5.75 Å². The Morgan fingerprint density at radius 2 is 1.55 bits per heavy atom. The van der Waals surface area contributed by atoms with E-state index in [0.717, 1.165) is 4.47 Å². The van der Waals surface area contributed by atoms with Crippen molar-refractivity contribution in [3.05, 3.63) is 77.3 Å². The lowest BCUT2D eigenvalue weighted by Crippen LogP contribution is -2.26. The number of nitrogens with zero attached hydrogens (tertiary/aromatic N) is 1. The topological polar surface area (TPSA) is 105 Å². The zero-order valence-corrected chi connectivity index (χ0v) is 20.3. The van der Waals surface area contributed by atoms with E-state index in [1.54, 1.807) is 60.7 Å². The van der Waals surface area contributed by atoms with Gasteiger partial charge in [0.2, 0.25) is 5.91 Å². The molecule has 0 saturated heterocycles. The lowest BCUT2D eigenvalue weighted by molar-refractivity contribution is -0.118. The molecule has 3 aromatic rings. The van der Waals surface area contributed by atoms with Crippen molar-refractivity contribution in [3.63, 3.8) is 0 Å². The zero-order chi connectivity index (χ0) is 24.0. The molecule has 0 fully saturated rings. The van der Waals surface area contributed by atoms with Crippen LogP contribution in [0.3, 0.4) is 0 Å². The van der Waals surface area contributed by atoms with E-state index in [2.05, 4.69) is 26.6 Å². The van der Waals surface area contributed by atoms with Crippen LogP contribution in [0.25, 0.3) is 0 Å². The number of hydrogen-bond acceptors (Lipinski definition) is 5. The number of halogens is 1. The minimum atomic E-state index is -3.71. The predicted molar refractivity (Wildman–Crippen MR) is 131 cm³/mol. The van der Waals surface area contributed by atoms with E-state index in [-0.39, 0.29) is 23.3 Å². The minimum absolute atomic E-state index is 0.174. The molecular formula is C23H22BrN3O5S. The average molecular weight is 532 g/mol. The quantitative estimate of drug-likeness (QED) is 0.452. The van der Waals surface area contributed by atoms with Gasteiger partial charge >= 0.3 is 0 Å². The molecule has 0 aliphatic carbocycles. The first-order valence-corrected chi connectivity index (χ1v) is 12.0. The van der Waals surface area contributed by atoms with E-state index in [1.165, 1.54) is 30.4 Å². The number of ether oxygens (including phenoxy) is 1. The largest absolute Gasteiger partial charge is 0.484 e. The van der Waals surface area contributed by atoms with Gasteiger partial charge in [-0.25, -0.2) is 8.42 Å². The first-order valence-electron chi connectivity index (χ1n) is 9.80. The molecule has 0 bridgehead atoms. The maximum absolute atomic E-state index is 12.8. The van der Waals surface area contributed by atoms with Gasteiger partial charge in [0.05, 0.1) is 10.6 Å². The molecule has 0 unspecified atom stereocenters. The number of nitrogens with one attached hydrogen (secondary N) is 2. The normalized spacial score (nSPS) is 10.9. The Kier molecular flexibility index (Phi) is 7.72. The molecule has 2 amide bonds. The number of hydrogen-bond donors (Lipinski definition) is 2. The Hall–Kier alpha value is -3.37. The molecule has 0 radical (unpaired) electrons. The third-order valence-electron chi connectivity index (χ3n) is 4.51. The van der Waals surface area contributed by atoms with E-state index in [4.69, 9.17) is 4.74 Å². The van der Waals surface area contributed by atoms with Crippen molar-refractivity contribution < 1.29 is 22.7 Å². The fourth-order valence-corrected chi connectivity index (χ4v) is 4.34. The second-order valence-corrected chi connectivity index (χ2v) is 9.90. The summed E-state index contributed by atoms with van der Waals surface area (Å²) in [5.74, 6) is -0.176. The van der Waals surface area contributed by atoms with Crippen molar-refractivity contribution in [2.45, 2.75) is 11.8 Å². The standard InChI is InChI=1S/C23H22BrN3O5S/c1-16(28)25-18-4-3-5-19(14-18)26-23(29)15-32-21-10-8-20(9-11-21)27(2)33(30,31)22-12-6-17(24)7-13-22/h3-14H,15H2,1-2H3,(H,25,28)(H,26,29). The smallest absolute Gasteiger partial charge is 0.264 e. The highest BCUT2D eigenvalue weighted by Gasteiger charge is 2.21. The van der Waals surface area contributed by atoms with Crippen LogP contribution in [0.15, 0.2) is 82.2 Å². The average Bonchev–Trinajstić information content (AvgIpc) is 2.77. The number of benzene rings is 3. The molecule has 0 aromatic heterocycles. The molecule has 3 aromatic carbocycles. The Balaban J connectivity index is 1.59. The molecule has 2 N–H and O–H groups in total. The van der Waals surface area contributed by atoms with Gasteiger partial charge in [-0.15, -0.1) is 0 Å². The Bertz CT molecular complexity index is 1250. The maximum atomic E-state index is 12.8. The third kappa shape index (κ3) is 6.56. The molecule has 0 saturated carbocycles. The Morgan fingerprint density at radius 3 is 2.15 bits per heavy atom. The van der Waals surface area contributed by atoms with E-state index in [0.29, 0.717) is 22.8 Å². The molecule has 0 spiro atoms. The van der Waals surface area contributed by atoms with Crippen LogP contribution in [0.1, 0.15) is 6.92 Å². The molecule has 0 atom stereocenters. The van der Waals surface area contributed by atoms with E-state index < -0.39 is 10.0 Å². The van der Waals surface area contributed by atoms with Gasteiger partial charge in [0.25, 0.3) is 15.9 Å². The summed E-state index contributed by atoms with van der Waals surface area (Å²) in [5.41, 5.74) is 1.54. The van der Waals surface area contributed by atoms with Gasteiger partial charge in [0.1, 0.15) is 5.75 Å². The van der Waals surface area contributed by atoms with Gasteiger partial charge in [-0.3, -0.25) is 13.9 Å². The number of carbonyl (C=O) groups is 2. The predicted octanol–water partition coefficient (Wildman–Crippen LogP) is 4.25. The van der Waals surface area contributed by atoms with Crippen molar-refractivity contribution in [1.29, 1.82) is 0 Å². The third-order valence-corrected chi connectivity index (χ3v) is 6.84. The van der Waals surface area contributed by atoms with Gasteiger partial charge in [-0.2, -0.15) is 0 Å². The zero-order valence-electron chi connectivity index (χ0n) is 17.9. The molecule has 33 heavy (non-hydrogen) atoms. The van der Waals surface area contributed by atoms with Crippen molar-refractivity contribution in [1.82, 2.24) is 0 Å². The molecular weight excluding hydrogens is 510 g/mol. The van der Waals surface area contributed by atoms with Crippen molar-refractivity contribution in [2.75, 3.05) is 28.6 Å². The lowest BCUT2D eigenvalue weighted by Gasteiger charge is -2.20. The fraction of sp³-hybridized carbons (Fsp3) is 0.130. The van der Waals surface area contributed by atoms with Crippen LogP contribution in [-0.2, 0) is 19.6 Å². The van der Waals surface area contributed by atoms with Gasteiger partial charge in [-0.1, -0.05) is 22.0 Å². The van der Waals surface area contributed by atoms with Crippen LogP contribution in [0.2, 0.25) is 0 Å². The van der Waals surface area contributed by atoms with Gasteiger partial charge in [0.15, 0.2) is 6.61 Å². The summed E-state index contributed by atoms with van der Waals surface area (Å²) in [6.45, 7) is 1.16. The SMILES string of the molecule is CC(=O)Nc1cccc(NC(=O)COc2ccc(N(C)S(=O)(=O)c3ccc(Br)cc3)cc2)c1. The van der Waals surface area contributed by atoms with Crippen LogP contribution in [-0.4, -0.2) is 33.9 Å². The molecule has 8 nitrogen and oxygen atoms in total. The second kappa shape index (κ2) is 10.5. The van der Waals surface area contributed by atoms with Gasteiger partial charge < -0.3 is 15.4 Å². The fourth-order valence-electron chi connectivity index (χ4n) is 2.88. The highest BCUT2D eigenvalue weighted by molar-refractivity contribution is 9.10. The number of amides is 2. The van der Waals surface area contributed by atoms with Crippen molar-refractivity contribution in [2.24, 2.45) is 0 Å². The second-order valence-electron chi connectivity index (χ2n) is 7.02. The summed E-state index contributed by atoms with van der Waals surface area (Å²) in [6.07, 6.45) is 0. The molecule has 0 aliphatic heterocycles. The first kappa shape index (κ1) is 24.3. The molecule has 3 rings (SSSR count). The number of anilines is 3. The van der Waals surface area contributed by atoms with E-state index >= 15 is 0 Å². The highest BCUT2D eigenvalue weighted by Crippen LogP contribution is 2.25. The Morgan fingerprint density at radius 1 is 0.939 bits per heavy atom. The molecule has 0 aliphatic rings. The summed E-state index contributed by atoms with van der Waals surface area (Å²) in [5, 5.41) is 5.33. The van der Waals surface area contributed by atoms with Crippen molar-refractivity contribution >= 4 is 54.8 Å². The van der Waals surface area contributed by atoms with Crippen molar-refractivity contribution in [3.8, 4) is 5.75 Å². The van der Waals surface area contributed by atoms with Gasteiger partial charge in [0, 0.05) is 29.8 Å². The van der Waals surface area contributed by atoms with E-state index in [9.17, 15) is 18.0 Å². The molecule has 0 heterocycles. The first-order chi connectivity index (χ1) is 15.6. The summed E-state index contributed by atoms with van der Waals surface area (Å²) >= 11 is 3.29. The van der Waals surface area contributed by atoms with Gasteiger partial charge in [-0.05, 0) is 66.7 Å². The molecule has 10 heteroatoms. The Labute approximate surface area is 200 Å². The van der Waals surface area contributed by atoms with Crippen LogP contribution < -0.4 is 19.7 Å². The lowest BCUT2D eigenvalue weighted by atomic mass is 10.2. The van der Waals surface area contributed by atoms with Crippen LogP contribution in [0, 0.1) is 0 Å². The van der Waals surface area contributed by atoms with Crippen LogP contribution in [0.4, 0.5) is 17.1 Å². The van der Waals surface area contributed by atoms with Crippen LogP contribution >= 0.6 is 15.9 Å². The molecule has 172 valence electrons. The number of rotatable bonds is 8. The summed E-state index contributed by atoms with van der Waals surface area (Å²) in [4.78, 5) is 23.5. The maximum Gasteiger partial charge on any atom is 0.264 e. The monoisotopic (exact) mass is 531 g/mol.